The summed E-state index contributed by atoms with van der Waals surface area (Å²) in [4.78, 5) is 30.2. The molecule has 4 rings (SSSR count). The monoisotopic (exact) mass is 545 g/mol. The SMILES string of the molecule is CCOC(=O)Cn1c(=NC(=O)c2ccc(S(=O)(=O)N3CCCCC3C)cc2)sc2cccc(OCC)c21. The van der Waals surface area contributed by atoms with Gasteiger partial charge in [0.2, 0.25) is 10.0 Å². The number of fused-ring (bicyclic) bond motifs is 1. The van der Waals surface area contributed by atoms with Crippen LogP contribution in [0.15, 0.2) is 52.4 Å². The van der Waals surface area contributed by atoms with Crippen LogP contribution in [0.25, 0.3) is 10.2 Å². The highest BCUT2D eigenvalue weighted by Gasteiger charge is 2.31. The molecule has 1 aliphatic heterocycles. The normalized spacial score (nSPS) is 17.2. The lowest BCUT2D eigenvalue weighted by Gasteiger charge is -2.32. The first-order chi connectivity index (χ1) is 17.8. The Hall–Kier alpha value is -3.02. The number of ether oxygens (including phenoxy) is 2. The van der Waals surface area contributed by atoms with Crippen molar-refractivity contribution in [3.63, 3.8) is 0 Å². The second-order valence-corrected chi connectivity index (χ2v) is 11.6. The molecule has 1 aromatic heterocycles. The fraction of sp³-hybridized carbons (Fsp3) is 0.423. The van der Waals surface area contributed by atoms with E-state index in [1.54, 1.807) is 17.6 Å². The maximum absolute atomic E-state index is 13.1. The molecular formula is C26H31N3O6S2. The molecule has 1 unspecified atom stereocenters. The number of esters is 1. The van der Waals surface area contributed by atoms with Gasteiger partial charge in [0.05, 0.1) is 22.8 Å². The van der Waals surface area contributed by atoms with Crippen molar-refractivity contribution in [3.05, 3.63) is 52.8 Å². The van der Waals surface area contributed by atoms with Gasteiger partial charge in [-0.2, -0.15) is 9.30 Å². The number of thiazole rings is 1. The molecule has 0 bridgehead atoms. The Morgan fingerprint density at radius 3 is 2.51 bits per heavy atom. The molecule has 0 spiro atoms. The molecule has 0 saturated carbocycles. The highest BCUT2D eigenvalue weighted by molar-refractivity contribution is 7.89. The fourth-order valence-corrected chi connectivity index (χ4v) is 7.17. The number of nitrogens with zero attached hydrogens (tertiary/aromatic N) is 3. The maximum Gasteiger partial charge on any atom is 0.326 e. The van der Waals surface area contributed by atoms with E-state index in [4.69, 9.17) is 9.47 Å². The molecular weight excluding hydrogens is 514 g/mol. The van der Waals surface area contributed by atoms with E-state index in [9.17, 15) is 18.0 Å². The number of amides is 1. The molecule has 1 saturated heterocycles. The van der Waals surface area contributed by atoms with E-state index in [1.165, 1.54) is 39.9 Å². The summed E-state index contributed by atoms with van der Waals surface area (Å²) in [5.41, 5.74) is 0.905. The second-order valence-electron chi connectivity index (χ2n) is 8.71. The standard InChI is InChI=1S/C26H31N3O6S2/c1-4-34-21-10-8-11-22-24(21)28(17-23(30)35-5-2)26(36-22)27-25(31)19-12-14-20(15-13-19)37(32,33)29-16-7-6-9-18(29)3/h8,10-15,18H,4-7,9,16-17H2,1-3H3. The van der Waals surface area contributed by atoms with Gasteiger partial charge in [-0.1, -0.05) is 23.8 Å². The minimum Gasteiger partial charge on any atom is -0.492 e. The van der Waals surface area contributed by atoms with Crippen molar-refractivity contribution in [2.75, 3.05) is 19.8 Å². The molecule has 1 fully saturated rings. The van der Waals surface area contributed by atoms with Gasteiger partial charge in [-0.05, 0) is 70.0 Å². The van der Waals surface area contributed by atoms with Crippen molar-refractivity contribution >= 4 is 43.5 Å². The Morgan fingerprint density at radius 2 is 1.84 bits per heavy atom. The zero-order chi connectivity index (χ0) is 26.6. The fourth-order valence-electron chi connectivity index (χ4n) is 4.42. The molecule has 1 atom stereocenters. The first kappa shape index (κ1) is 27.0. The van der Waals surface area contributed by atoms with Crippen LogP contribution in [0.3, 0.4) is 0 Å². The van der Waals surface area contributed by atoms with Crippen LogP contribution in [0.4, 0.5) is 0 Å². The third-order valence-corrected chi connectivity index (χ3v) is 9.27. The first-order valence-electron chi connectivity index (χ1n) is 12.4. The Morgan fingerprint density at radius 1 is 1.08 bits per heavy atom. The van der Waals surface area contributed by atoms with Gasteiger partial charge in [-0.3, -0.25) is 9.59 Å². The van der Waals surface area contributed by atoms with Crippen molar-refractivity contribution in [2.45, 2.75) is 57.5 Å². The Bertz CT molecular complexity index is 1460. The third-order valence-electron chi connectivity index (χ3n) is 6.20. The van der Waals surface area contributed by atoms with E-state index in [-0.39, 0.29) is 29.7 Å². The van der Waals surface area contributed by atoms with E-state index in [0.29, 0.717) is 29.2 Å². The minimum absolute atomic E-state index is 0.0561. The topological polar surface area (TPSA) is 107 Å². The van der Waals surface area contributed by atoms with Gasteiger partial charge in [0.15, 0.2) is 4.80 Å². The largest absolute Gasteiger partial charge is 0.492 e. The summed E-state index contributed by atoms with van der Waals surface area (Å²) in [5.74, 6) is -0.419. The van der Waals surface area contributed by atoms with Gasteiger partial charge >= 0.3 is 5.97 Å². The zero-order valence-electron chi connectivity index (χ0n) is 21.2. The third kappa shape index (κ3) is 5.78. The lowest BCUT2D eigenvalue weighted by molar-refractivity contribution is -0.143. The molecule has 198 valence electrons. The molecule has 0 radical (unpaired) electrons. The average molecular weight is 546 g/mol. The van der Waals surface area contributed by atoms with Gasteiger partial charge < -0.3 is 14.0 Å². The smallest absolute Gasteiger partial charge is 0.326 e. The van der Waals surface area contributed by atoms with Crippen LogP contribution in [-0.2, 0) is 26.1 Å². The number of carbonyl (C=O) groups is 2. The average Bonchev–Trinajstić information content (AvgIpc) is 3.22. The number of para-hydroxylation sites is 1. The molecule has 0 N–H and O–H groups in total. The lowest BCUT2D eigenvalue weighted by Crippen LogP contribution is -2.41. The van der Waals surface area contributed by atoms with Crippen LogP contribution < -0.4 is 9.54 Å². The second kappa shape index (κ2) is 11.6. The van der Waals surface area contributed by atoms with Crippen LogP contribution in [0, 0.1) is 0 Å². The Kier molecular flexibility index (Phi) is 8.46. The summed E-state index contributed by atoms with van der Waals surface area (Å²) >= 11 is 1.26. The molecule has 2 aromatic carbocycles. The Labute approximate surface area is 220 Å². The van der Waals surface area contributed by atoms with Crippen molar-refractivity contribution < 1.29 is 27.5 Å². The van der Waals surface area contributed by atoms with E-state index in [2.05, 4.69) is 4.99 Å². The zero-order valence-corrected chi connectivity index (χ0v) is 22.8. The van der Waals surface area contributed by atoms with Crippen molar-refractivity contribution in [2.24, 2.45) is 4.99 Å². The predicted molar refractivity (Wildman–Crippen MR) is 141 cm³/mol. The number of aromatic nitrogens is 1. The van der Waals surface area contributed by atoms with Crippen molar-refractivity contribution in [1.82, 2.24) is 8.87 Å². The first-order valence-corrected chi connectivity index (χ1v) is 14.6. The number of rotatable bonds is 8. The number of hydrogen-bond acceptors (Lipinski definition) is 7. The van der Waals surface area contributed by atoms with E-state index in [1.807, 2.05) is 26.0 Å². The number of benzene rings is 2. The molecule has 11 heteroatoms. The highest BCUT2D eigenvalue weighted by Crippen LogP contribution is 2.28. The van der Waals surface area contributed by atoms with Crippen LogP contribution in [0.2, 0.25) is 0 Å². The van der Waals surface area contributed by atoms with E-state index >= 15 is 0 Å². The maximum atomic E-state index is 13.1. The summed E-state index contributed by atoms with van der Waals surface area (Å²) in [7, 11) is -3.64. The summed E-state index contributed by atoms with van der Waals surface area (Å²) in [6, 6.07) is 11.3. The minimum atomic E-state index is -3.64. The van der Waals surface area contributed by atoms with E-state index < -0.39 is 21.9 Å². The van der Waals surface area contributed by atoms with Crippen LogP contribution in [0.1, 0.15) is 50.4 Å². The molecule has 37 heavy (non-hydrogen) atoms. The molecule has 2 heterocycles. The van der Waals surface area contributed by atoms with Crippen molar-refractivity contribution in [3.8, 4) is 5.75 Å². The lowest BCUT2D eigenvalue weighted by atomic mass is 10.1. The number of hydrogen-bond donors (Lipinski definition) is 0. The summed E-state index contributed by atoms with van der Waals surface area (Å²) in [6.07, 6.45) is 2.69. The van der Waals surface area contributed by atoms with Gasteiger partial charge in [-0.25, -0.2) is 8.42 Å². The van der Waals surface area contributed by atoms with Gasteiger partial charge in [0.25, 0.3) is 5.91 Å². The number of piperidine rings is 1. The molecule has 0 aliphatic carbocycles. The molecule has 1 aliphatic rings. The van der Waals surface area contributed by atoms with Crippen LogP contribution in [-0.4, -0.2) is 55.0 Å². The van der Waals surface area contributed by atoms with E-state index in [0.717, 1.165) is 24.0 Å². The van der Waals surface area contributed by atoms with Crippen LogP contribution in [0.5, 0.6) is 5.75 Å². The quantitative estimate of drug-likeness (QED) is 0.397. The summed E-state index contributed by atoms with van der Waals surface area (Å²) in [6.45, 7) is 6.55. The predicted octanol–water partition coefficient (Wildman–Crippen LogP) is 3.97. The Balaban J connectivity index is 1.69. The van der Waals surface area contributed by atoms with Crippen LogP contribution >= 0.6 is 11.3 Å². The highest BCUT2D eigenvalue weighted by atomic mass is 32.2. The number of carbonyl (C=O) groups excluding carboxylic acids is 2. The van der Waals surface area contributed by atoms with Crippen molar-refractivity contribution in [1.29, 1.82) is 0 Å². The van der Waals surface area contributed by atoms with Gasteiger partial charge in [0.1, 0.15) is 17.8 Å². The van der Waals surface area contributed by atoms with Gasteiger partial charge in [-0.15, -0.1) is 0 Å². The molecule has 1 amide bonds. The molecule has 9 nitrogen and oxygen atoms in total. The van der Waals surface area contributed by atoms with Gasteiger partial charge in [0, 0.05) is 18.2 Å². The summed E-state index contributed by atoms with van der Waals surface area (Å²) < 4.78 is 41.1. The molecule has 3 aromatic rings. The number of sulfonamides is 1. The summed E-state index contributed by atoms with van der Waals surface area (Å²) in [5, 5.41) is 0.